The molecular formula is C26H34O3. The molecule has 0 aliphatic heterocycles. The van der Waals surface area contributed by atoms with Gasteiger partial charge in [0, 0.05) is 5.41 Å². The zero-order valence-corrected chi connectivity index (χ0v) is 18.5. The van der Waals surface area contributed by atoms with Crippen molar-refractivity contribution in [1.82, 2.24) is 0 Å². The Morgan fingerprint density at radius 2 is 1.31 bits per heavy atom. The highest BCUT2D eigenvalue weighted by Gasteiger charge is 2.35. The Balaban J connectivity index is 1.87. The first-order valence-corrected chi connectivity index (χ1v) is 10.8. The molecular weight excluding hydrogens is 360 g/mol. The van der Waals surface area contributed by atoms with Gasteiger partial charge in [0.25, 0.3) is 0 Å². The molecule has 1 aliphatic rings. The van der Waals surface area contributed by atoms with E-state index < -0.39 is 5.41 Å². The maximum atomic E-state index is 12.2. The van der Waals surface area contributed by atoms with Crippen LogP contribution in [0.5, 0.6) is 11.5 Å². The van der Waals surface area contributed by atoms with Gasteiger partial charge in [-0.2, -0.15) is 0 Å². The molecule has 0 atom stereocenters. The van der Waals surface area contributed by atoms with Crippen molar-refractivity contribution >= 4 is 5.97 Å². The van der Waals surface area contributed by atoms with Crippen molar-refractivity contribution < 1.29 is 14.3 Å². The lowest BCUT2D eigenvalue weighted by atomic mass is 9.65. The largest absolute Gasteiger partial charge is 0.491 e. The SMILES string of the molecule is CC(C)Oc1ccc(C2(c3ccc(OC(=O)C(C)(C)C)cc3)CCCCC2)cc1. The molecule has 3 heteroatoms. The monoisotopic (exact) mass is 394 g/mol. The molecule has 1 saturated carbocycles. The summed E-state index contributed by atoms with van der Waals surface area (Å²) in [6.45, 7) is 9.70. The molecule has 0 aromatic heterocycles. The summed E-state index contributed by atoms with van der Waals surface area (Å²) < 4.78 is 11.4. The fourth-order valence-corrected chi connectivity index (χ4v) is 4.13. The highest BCUT2D eigenvalue weighted by atomic mass is 16.5. The normalized spacial score (nSPS) is 16.5. The Bertz CT molecular complexity index is 805. The van der Waals surface area contributed by atoms with Crippen LogP contribution in [0, 0.1) is 5.41 Å². The van der Waals surface area contributed by atoms with Gasteiger partial charge in [0.1, 0.15) is 11.5 Å². The molecule has 2 aromatic rings. The highest BCUT2D eigenvalue weighted by molar-refractivity contribution is 5.77. The Labute approximate surface area is 175 Å². The van der Waals surface area contributed by atoms with E-state index in [2.05, 4.69) is 36.4 Å². The molecule has 0 spiro atoms. The number of hydrogen-bond donors (Lipinski definition) is 0. The summed E-state index contributed by atoms with van der Waals surface area (Å²) in [5.41, 5.74) is 2.14. The van der Waals surface area contributed by atoms with Crippen molar-refractivity contribution in [3.8, 4) is 11.5 Å². The smallest absolute Gasteiger partial charge is 0.316 e. The minimum atomic E-state index is -0.511. The first-order chi connectivity index (χ1) is 13.7. The van der Waals surface area contributed by atoms with E-state index in [0.717, 1.165) is 18.6 Å². The standard InChI is InChI=1S/C26H34O3/c1-19(2)28-22-13-9-20(10-14-22)26(17-7-6-8-18-26)21-11-15-23(16-12-21)29-24(27)25(3,4)5/h9-16,19H,6-8,17-18H2,1-5H3. The molecule has 29 heavy (non-hydrogen) atoms. The van der Waals surface area contributed by atoms with Crippen molar-refractivity contribution in [2.45, 2.75) is 78.2 Å². The molecule has 1 fully saturated rings. The zero-order chi connectivity index (χ0) is 21.1. The number of rotatable bonds is 5. The molecule has 2 aromatic carbocycles. The van der Waals surface area contributed by atoms with Crippen LogP contribution in [-0.2, 0) is 10.2 Å². The van der Waals surface area contributed by atoms with E-state index in [1.807, 2.05) is 46.8 Å². The van der Waals surface area contributed by atoms with E-state index in [1.54, 1.807) is 0 Å². The third kappa shape index (κ3) is 5.01. The van der Waals surface area contributed by atoms with Gasteiger partial charge >= 0.3 is 5.97 Å². The number of benzene rings is 2. The maximum absolute atomic E-state index is 12.2. The van der Waals surface area contributed by atoms with E-state index >= 15 is 0 Å². The van der Waals surface area contributed by atoms with E-state index in [9.17, 15) is 4.79 Å². The second-order valence-corrected chi connectivity index (χ2v) is 9.50. The Morgan fingerprint density at radius 3 is 1.76 bits per heavy atom. The average Bonchev–Trinajstić information content (AvgIpc) is 2.68. The molecule has 0 amide bonds. The molecule has 1 aliphatic carbocycles. The van der Waals surface area contributed by atoms with Gasteiger partial charge in [0.2, 0.25) is 0 Å². The predicted octanol–water partition coefficient (Wildman–Crippen LogP) is 6.68. The first-order valence-electron chi connectivity index (χ1n) is 10.8. The topological polar surface area (TPSA) is 35.5 Å². The molecule has 0 saturated heterocycles. The van der Waals surface area contributed by atoms with Crippen molar-refractivity contribution in [3.63, 3.8) is 0 Å². The average molecular weight is 395 g/mol. The van der Waals surface area contributed by atoms with Gasteiger partial charge in [-0.05, 0) is 82.9 Å². The van der Waals surface area contributed by atoms with Crippen LogP contribution < -0.4 is 9.47 Å². The number of esters is 1. The van der Waals surface area contributed by atoms with Gasteiger partial charge in [-0.1, -0.05) is 43.5 Å². The van der Waals surface area contributed by atoms with Gasteiger partial charge < -0.3 is 9.47 Å². The molecule has 3 nitrogen and oxygen atoms in total. The van der Waals surface area contributed by atoms with E-state index in [-0.39, 0.29) is 17.5 Å². The van der Waals surface area contributed by atoms with Crippen molar-refractivity contribution in [1.29, 1.82) is 0 Å². The lowest BCUT2D eigenvalue weighted by Crippen LogP contribution is -2.30. The lowest BCUT2D eigenvalue weighted by Gasteiger charge is -2.39. The summed E-state index contributed by atoms with van der Waals surface area (Å²) in [4.78, 5) is 12.2. The predicted molar refractivity (Wildman–Crippen MR) is 118 cm³/mol. The number of ether oxygens (including phenoxy) is 2. The summed E-state index contributed by atoms with van der Waals surface area (Å²) in [6, 6.07) is 16.8. The van der Waals surface area contributed by atoms with Crippen LogP contribution >= 0.6 is 0 Å². The fraction of sp³-hybridized carbons (Fsp3) is 0.500. The summed E-state index contributed by atoms with van der Waals surface area (Å²) in [7, 11) is 0. The minimum Gasteiger partial charge on any atom is -0.491 e. The van der Waals surface area contributed by atoms with Crippen LogP contribution in [0.3, 0.4) is 0 Å². The second kappa shape index (κ2) is 8.61. The van der Waals surface area contributed by atoms with Crippen molar-refractivity contribution in [3.05, 3.63) is 59.7 Å². The Hall–Kier alpha value is -2.29. The van der Waals surface area contributed by atoms with Crippen LogP contribution in [-0.4, -0.2) is 12.1 Å². The molecule has 0 bridgehead atoms. The van der Waals surface area contributed by atoms with E-state index in [0.29, 0.717) is 5.75 Å². The van der Waals surface area contributed by atoms with Crippen LogP contribution in [0.4, 0.5) is 0 Å². The summed E-state index contributed by atoms with van der Waals surface area (Å²) in [5.74, 6) is 1.32. The number of hydrogen-bond acceptors (Lipinski definition) is 3. The quantitative estimate of drug-likeness (QED) is 0.419. The van der Waals surface area contributed by atoms with Gasteiger partial charge in [-0.15, -0.1) is 0 Å². The molecule has 0 unspecified atom stereocenters. The third-order valence-electron chi connectivity index (χ3n) is 5.72. The number of carbonyl (C=O) groups is 1. The Morgan fingerprint density at radius 1 is 0.828 bits per heavy atom. The molecule has 0 heterocycles. The number of carbonyl (C=O) groups excluding carboxylic acids is 1. The van der Waals surface area contributed by atoms with E-state index in [4.69, 9.17) is 9.47 Å². The van der Waals surface area contributed by atoms with Crippen LogP contribution in [0.1, 0.15) is 77.8 Å². The minimum absolute atomic E-state index is 0.0151. The molecule has 156 valence electrons. The third-order valence-corrected chi connectivity index (χ3v) is 5.72. The van der Waals surface area contributed by atoms with Gasteiger partial charge in [-0.3, -0.25) is 4.79 Å². The lowest BCUT2D eigenvalue weighted by molar-refractivity contribution is -0.142. The molecule has 0 N–H and O–H groups in total. The van der Waals surface area contributed by atoms with Gasteiger partial charge in [0.15, 0.2) is 0 Å². The molecule has 0 radical (unpaired) electrons. The highest BCUT2D eigenvalue weighted by Crippen LogP contribution is 2.45. The fourth-order valence-electron chi connectivity index (χ4n) is 4.13. The summed E-state index contributed by atoms with van der Waals surface area (Å²) in [6.07, 6.45) is 6.19. The van der Waals surface area contributed by atoms with E-state index in [1.165, 1.54) is 30.4 Å². The van der Waals surface area contributed by atoms with Crippen molar-refractivity contribution in [2.75, 3.05) is 0 Å². The molecule has 3 rings (SSSR count). The zero-order valence-electron chi connectivity index (χ0n) is 18.5. The van der Waals surface area contributed by atoms with Gasteiger partial charge in [0.05, 0.1) is 11.5 Å². The van der Waals surface area contributed by atoms with Crippen molar-refractivity contribution in [2.24, 2.45) is 5.41 Å². The Kier molecular flexibility index (Phi) is 6.36. The van der Waals surface area contributed by atoms with Crippen LogP contribution in [0.2, 0.25) is 0 Å². The maximum Gasteiger partial charge on any atom is 0.316 e. The van der Waals surface area contributed by atoms with Crippen LogP contribution in [0.15, 0.2) is 48.5 Å². The second-order valence-electron chi connectivity index (χ2n) is 9.50. The van der Waals surface area contributed by atoms with Gasteiger partial charge in [-0.25, -0.2) is 0 Å². The van der Waals surface area contributed by atoms with Crippen LogP contribution in [0.25, 0.3) is 0 Å². The summed E-state index contributed by atoms with van der Waals surface area (Å²) >= 11 is 0. The summed E-state index contributed by atoms with van der Waals surface area (Å²) in [5, 5.41) is 0. The first kappa shape index (κ1) is 21.4.